The van der Waals surface area contributed by atoms with Crippen LogP contribution in [0, 0.1) is 6.92 Å². The van der Waals surface area contributed by atoms with Gasteiger partial charge in [-0.25, -0.2) is 0 Å². The van der Waals surface area contributed by atoms with Gasteiger partial charge in [0, 0.05) is 31.1 Å². The van der Waals surface area contributed by atoms with Crippen molar-refractivity contribution in [3.63, 3.8) is 0 Å². The number of rotatable bonds is 1. The highest BCUT2D eigenvalue weighted by Gasteiger charge is 2.28. The Bertz CT molecular complexity index is 443. The molecule has 0 spiro atoms. The Kier molecular flexibility index (Phi) is 3.33. The minimum atomic E-state index is -0.00148. The van der Waals surface area contributed by atoms with Gasteiger partial charge in [0.1, 0.15) is 5.69 Å². The van der Waals surface area contributed by atoms with Crippen LogP contribution < -0.4 is 5.73 Å². The molecule has 1 aromatic rings. The highest BCUT2D eigenvalue weighted by molar-refractivity contribution is 7.99. The molecule has 0 aliphatic carbocycles. The lowest BCUT2D eigenvalue weighted by atomic mass is 10.2. The molecule has 1 aliphatic heterocycles. The molecular weight excluding hydrogens is 236 g/mol. The summed E-state index contributed by atoms with van der Waals surface area (Å²) in [4.78, 5) is 14.3. The number of thioether (sulfide) groups is 1. The van der Waals surface area contributed by atoms with Crippen LogP contribution >= 0.6 is 11.8 Å². The molecular formula is C11H18N4OS. The maximum absolute atomic E-state index is 12.4. The largest absolute Gasteiger partial charge is 0.395 e. The van der Waals surface area contributed by atoms with Crippen LogP contribution in [0.5, 0.6) is 0 Å². The van der Waals surface area contributed by atoms with E-state index in [1.165, 1.54) is 0 Å². The number of nitrogens with two attached hydrogens (primary N) is 1. The molecule has 1 fully saturated rings. The molecule has 1 aromatic heterocycles. The van der Waals surface area contributed by atoms with Gasteiger partial charge >= 0.3 is 0 Å². The van der Waals surface area contributed by atoms with Crippen molar-refractivity contribution in [2.45, 2.75) is 19.9 Å². The fraction of sp³-hybridized carbons (Fsp3) is 0.636. The first-order valence-electron chi connectivity index (χ1n) is 5.70. The van der Waals surface area contributed by atoms with Gasteiger partial charge in [0.05, 0.1) is 11.4 Å². The topological polar surface area (TPSA) is 64.2 Å². The van der Waals surface area contributed by atoms with Gasteiger partial charge in [-0.2, -0.15) is 16.9 Å². The maximum atomic E-state index is 12.4. The number of amides is 1. The lowest BCUT2D eigenvalue weighted by molar-refractivity contribution is 0.0706. The van der Waals surface area contributed by atoms with Crippen LogP contribution in [-0.4, -0.2) is 44.7 Å². The van der Waals surface area contributed by atoms with Gasteiger partial charge in [-0.05, 0) is 13.8 Å². The number of hydrogen-bond acceptors (Lipinski definition) is 4. The van der Waals surface area contributed by atoms with Crippen molar-refractivity contribution >= 4 is 23.4 Å². The second-order valence-corrected chi connectivity index (χ2v) is 5.54. The van der Waals surface area contributed by atoms with Crippen LogP contribution in [0.1, 0.15) is 23.1 Å². The normalized spacial score (nSPS) is 20.6. The van der Waals surface area contributed by atoms with E-state index in [0.717, 1.165) is 23.7 Å². The summed E-state index contributed by atoms with van der Waals surface area (Å²) < 4.78 is 1.58. The third-order valence-corrected chi connectivity index (χ3v) is 4.29. The average molecular weight is 254 g/mol. The van der Waals surface area contributed by atoms with Crippen LogP contribution in [0.25, 0.3) is 0 Å². The van der Waals surface area contributed by atoms with Gasteiger partial charge in [-0.15, -0.1) is 0 Å². The molecule has 1 aliphatic rings. The lowest BCUT2D eigenvalue weighted by Gasteiger charge is -2.33. The Hall–Kier alpha value is -1.17. The van der Waals surface area contributed by atoms with E-state index in [9.17, 15) is 4.79 Å². The third-order valence-electron chi connectivity index (χ3n) is 3.10. The molecule has 1 amide bonds. The molecule has 1 unspecified atom stereocenters. The molecule has 1 saturated heterocycles. The fourth-order valence-corrected chi connectivity index (χ4v) is 3.11. The summed E-state index contributed by atoms with van der Waals surface area (Å²) in [6.45, 7) is 4.68. The summed E-state index contributed by atoms with van der Waals surface area (Å²) in [5, 5.41) is 4.19. The van der Waals surface area contributed by atoms with Crippen LogP contribution in [0.4, 0.5) is 5.69 Å². The minimum Gasteiger partial charge on any atom is -0.395 e. The smallest absolute Gasteiger partial charge is 0.274 e. The third kappa shape index (κ3) is 2.13. The Labute approximate surface area is 105 Å². The number of aromatic nitrogens is 2. The first-order chi connectivity index (χ1) is 8.02. The molecule has 0 aromatic carbocycles. The molecule has 17 heavy (non-hydrogen) atoms. The number of anilines is 1. The van der Waals surface area contributed by atoms with Crippen molar-refractivity contribution in [1.29, 1.82) is 0 Å². The Morgan fingerprint density at radius 3 is 2.82 bits per heavy atom. The molecule has 2 N–H and O–H groups in total. The Morgan fingerprint density at radius 1 is 1.59 bits per heavy atom. The van der Waals surface area contributed by atoms with E-state index in [1.807, 2.05) is 23.6 Å². The Morgan fingerprint density at radius 2 is 2.29 bits per heavy atom. The predicted octanol–water partition coefficient (Wildman–Crippen LogP) is 0.888. The number of nitrogens with zero attached hydrogens (tertiary/aromatic N) is 3. The van der Waals surface area contributed by atoms with Crippen molar-refractivity contribution < 1.29 is 4.79 Å². The molecule has 0 bridgehead atoms. The molecule has 2 heterocycles. The average Bonchev–Trinajstić information content (AvgIpc) is 2.53. The summed E-state index contributed by atoms with van der Waals surface area (Å²) in [6, 6.07) is 0.260. The zero-order valence-electron chi connectivity index (χ0n) is 10.4. The highest BCUT2D eigenvalue weighted by atomic mass is 32.2. The van der Waals surface area contributed by atoms with Crippen molar-refractivity contribution in [2.24, 2.45) is 7.05 Å². The van der Waals surface area contributed by atoms with Crippen molar-refractivity contribution in [3.8, 4) is 0 Å². The second kappa shape index (κ2) is 4.60. The van der Waals surface area contributed by atoms with Crippen LogP contribution in [-0.2, 0) is 7.05 Å². The monoisotopic (exact) mass is 254 g/mol. The van der Waals surface area contributed by atoms with E-state index in [2.05, 4.69) is 12.0 Å². The van der Waals surface area contributed by atoms with Crippen molar-refractivity contribution in [1.82, 2.24) is 14.7 Å². The first kappa shape index (κ1) is 12.3. The zero-order valence-corrected chi connectivity index (χ0v) is 11.3. The number of nitrogen functional groups attached to an aromatic ring is 1. The predicted molar refractivity (Wildman–Crippen MR) is 70.2 cm³/mol. The van der Waals surface area contributed by atoms with Crippen LogP contribution in [0.15, 0.2) is 0 Å². The SMILES string of the molecule is Cc1nn(C)c(C(=O)N2CCSCC2C)c1N. The van der Waals surface area contributed by atoms with E-state index in [1.54, 1.807) is 11.7 Å². The van der Waals surface area contributed by atoms with Gasteiger partial charge in [0.25, 0.3) is 5.91 Å². The van der Waals surface area contributed by atoms with Crippen molar-refractivity contribution in [3.05, 3.63) is 11.4 Å². The molecule has 2 rings (SSSR count). The van der Waals surface area contributed by atoms with Gasteiger partial charge in [-0.1, -0.05) is 0 Å². The van der Waals surface area contributed by atoms with Gasteiger partial charge in [0.15, 0.2) is 0 Å². The van der Waals surface area contributed by atoms with Gasteiger partial charge in [0.2, 0.25) is 0 Å². The van der Waals surface area contributed by atoms with Gasteiger partial charge < -0.3 is 10.6 Å². The highest BCUT2D eigenvalue weighted by Crippen LogP contribution is 2.22. The standard InChI is InChI=1S/C11H18N4OS/c1-7-6-17-5-4-15(7)11(16)10-9(12)8(2)13-14(10)3/h7H,4-6,12H2,1-3H3. The summed E-state index contributed by atoms with van der Waals surface area (Å²) in [6.07, 6.45) is 0. The summed E-state index contributed by atoms with van der Waals surface area (Å²) >= 11 is 1.89. The van der Waals surface area contributed by atoms with E-state index in [-0.39, 0.29) is 11.9 Å². The van der Waals surface area contributed by atoms with E-state index < -0.39 is 0 Å². The fourth-order valence-electron chi connectivity index (χ4n) is 2.09. The molecule has 5 nitrogen and oxygen atoms in total. The van der Waals surface area contributed by atoms with E-state index >= 15 is 0 Å². The van der Waals surface area contributed by atoms with Gasteiger partial charge in [-0.3, -0.25) is 9.48 Å². The van der Waals surface area contributed by atoms with Crippen LogP contribution in [0.2, 0.25) is 0 Å². The van der Waals surface area contributed by atoms with Crippen molar-refractivity contribution in [2.75, 3.05) is 23.8 Å². The molecule has 94 valence electrons. The number of hydrogen-bond donors (Lipinski definition) is 1. The molecule has 1 atom stereocenters. The zero-order chi connectivity index (χ0) is 12.6. The quantitative estimate of drug-likeness (QED) is 0.808. The summed E-state index contributed by atoms with van der Waals surface area (Å²) in [5.41, 5.74) is 7.66. The minimum absolute atomic E-state index is 0.00148. The van der Waals surface area contributed by atoms with E-state index in [0.29, 0.717) is 11.4 Å². The van der Waals surface area contributed by atoms with Crippen LogP contribution in [0.3, 0.4) is 0 Å². The first-order valence-corrected chi connectivity index (χ1v) is 6.85. The lowest BCUT2D eigenvalue weighted by Crippen LogP contribution is -2.45. The molecule has 0 radical (unpaired) electrons. The summed E-state index contributed by atoms with van der Waals surface area (Å²) in [5.74, 6) is 1.98. The van der Waals surface area contributed by atoms with E-state index in [4.69, 9.17) is 5.73 Å². The number of carbonyl (C=O) groups excluding carboxylic acids is 1. The maximum Gasteiger partial charge on any atom is 0.274 e. The number of carbonyl (C=O) groups is 1. The summed E-state index contributed by atoms with van der Waals surface area (Å²) in [7, 11) is 1.76. The Balaban J connectivity index is 2.30. The second-order valence-electron chi connectivity index (χ2n) is 4.39. The molecule has 6 heteroatoms. The molecule has 0 saturated carbocycles. The number of aryl methyl sites for hydroxylation is 2.